The Morgan fingerprint density at radius 3 is 2.58 bits per heavy atom. The highest BCUT2D eigenvalue weighted by atomic mass is 32.1. The van der Waals surface area contributed by atoms with Gasteiger partial charge in [0.25, 0.3) is 0 Å². The standard InChI is InChI=1S/C18H22N2O3S/c1-11(2)14-6-4-5-12(3)16(14)20-18(23)17(22)19-9-15(21)13-7-8-24-10-13/h4-8,10-11,15,21H,9H2,1-3H3,(H,19,22)(H,20,23). The van der Waals surface area contributed by atoms with E-state index in [4.69, 9.17) is 0 Å². The second-order valence-corrected chi connectivity index (χ2v) is 6.71. The fourth-order valence-corrected chi connectivity index (χ4v) is 3.07. The lowest BCUT2D eigenvalue weighted by molar-refractivity contribution is -0.136. The molecule has 3 N–H and O–H groups in total. The molecule has 1 heterocycles. The van der Waals surface area contributed by atoms with Gasteiger partial charge in [0.2, 0.25) is 0 Å². The SMILES string of the molecule is Cc1cccc(C(C)C)c1NC(=O)C(=O)NCC(O)c1ccsc1. The number of carbonyl (C=O) groups is 2. The molecular weight excluding hydrogens is 324 g/mol. The number of benzene rings is 1. The molecule has 128 valence electrons. The summed E-state index contributed by atoms with van der Waals surface area (Å²) < 4.78 is 0. The van der Waals surface area contributed by atoms with E-state index >= 15 is 0 Å². The third-order valence-corrected chi connectivity index (χ3v) is 4.46. The predicted molar refractivity (Wildman–Crippen MR) is 96.2 cm³/mol. The minimum Gasteiger partial charge on any atom is -0.387 e. The van der Waals surface area contributed by atoms with Gasteiger partial charge in [-0.15, -0.1) is 0 Å². The lowest BCUT2D eigenvalue weighted by Crippen LogP contribution is -2.37. The van der Waals surface area contributed by atoms with E-state index in [9.17, 15) is 14.7 Å². The van der Waals surface area contributed by atoms with Crippen LogP contribution >= 0.6 is 11.3 Å². The molecule has 1 unspecified atom stereocenters. The van der Waals surface area contributed by atoms with Crippen molar-refractivity contribution < 1.29 is 14.7 Å². The van der Waals surface area contributed by atoms with E-state index < -0.39 is 17.9 Å². The zero-order chi connectivity index (χ0) is 17.7. The first kappa shape index (κ1) is 18.2. The number of aliphatic hydroxyl groups is 1. The van der Waals surface area contributed by atoms with E-state index in [-0.39, 0.29) is 12.5 Å². The van der Waals surface area contributed by atoms with Crippen molar-refractivity contribution in [2.45, 2.75) is 32.8 Å². The van der Waals surface area contributed by atoms with E-state index in [0.29, 0.717) is 5.69 Å². The van der Waals surface area contributed by atoms with Gasteiger partial charge in [0, 0.05) is 12.2 Å². The summed E-state index contributed by atoms with van der Waals surface area (Å²) in [5, 5.41) is 18.8. The maximum absolute atomic E-state index is 12.1. The first-order valence-corrected chi connectivity index (χ1v) is 8.73. The third-order valence-electron chi connectivity index (χ3n) is 3.76. The zero-order valence-electron chi connectivity index (χ0n) is 14.0. The molecule has 0 saturated carbocycles. The molecule has 2 aromatic rings. The van der Waals surface area contributed by atoms with Crippen LogP contribution < -0.4 is 10.6 Å². The Labute approximate surface area is 145 Å². The summed E-state index contributed by atoms with van der Waals surface area (Å²) in [4.78, 5) is 24.1. The number of thiophene rings is 1. The molecule has 1 aromatic carbocycles. The minimum atomic E-state index is -0.822. The van der Waals surface area contributed by atoms with E-state index in [1.807, 2.05) is 44.4 Å². The average molecular weight is 346 g/mol. The van der Waals surface area contributed by atoms with Crippen LogP contribution in [0, 0.1) is 6.92 Å². The largest absolute Gasteiger partial charge is 0.387 e. The third kappa shape index (κ3) is 4.43. The average Bonchev–Trinajstić information content (AvgIpc) is 3.08. The lowest BCUT2D eigenvalue weighted by atomic mass is 9.98. The molecule has 0 saturated heterocycles. The first-order chi connectivity index (χ1) is 11.4. The Morgan fingerprint density at radius 2 is 1.96 bits per heavy atom. The summed E-state index contributed by atoms with van der Waals surface area (Å²) in [6.45, 7) is 5.94. The summed E-state index contributed by atoms with van der Waals surface area (Å²) >= 11 is 1.46. The fourth-order valence-electron chi connectivity index (χ4n) is 2.36. The van der Waals surface area contributed by atoms with Crippen molar-refractivity contribution in [3.8, 4) is 0 Å². The molecule has 0 fully saturated rings. The van der Waals surface area contributed by atoms with Crippen LogP contribution in [0.5, 0.6) is 0 Å². The maximum atomic E-state index is 12.1. The van der Waals surface area contributed by atoms with Crippen molar-refractivity contribution >= 4 is 28.8 Å². The van der Waals surface area contributed by atoms with Crippen LogP contribution in [-0.2, 0) is 9.59 Å². The molecule has 6 heteroatoms. The number of carbonyl (C=O) groups excluding carboxylic acids is 2. The monoisotopic (exact) mass is 346 g/mol. The number of aryl methyl sites for hydroxylation is 1. The van der Waals surface area contributed by atoms with Crippen LogP contribution in [0.3, 0.4) is 0 Å². The smallest absolute Gasteiger partial charge is 0.313 e. The molecule has 0 aliphatic carbocycles. The second kappa shape index (κ2) is 8.08. The molecule has 0 spiro atoms. The van der Waals surface area contributed by atoms with Crippen molar-refractivity contribution in [1.82, 2.24) is 5.32 Å². The lowest BCUT2D eigenvalue weighted by Gasteiger charge is -2.16. The van der Waals surface area contributed by atoms with Crippen LogP contribution in [0.15, 0.2) is 35.0 Å². The fraction of sp³-hybridized carbons (Fsp3) is 0.333. The highest BCUT2D eigenvalue weighted by Gasteiger charge is 2.19. The van der Waals surface area contributed by atoms with Gasteiger partial charge in [-0.25, -0.2) is 0 Å². The summed E-state index contributed by atoms with van der Waals surface area (Å²) in [7, 11) is 0. The Morgan fingerprint density at radius 1 is 1.21 bits per heavy atom. The highest BCUT2D eigenvalue weighted by molar-refractivity contribution is 7.07. The number of amides is 2. The maximum Gasteiger partial charge on any atom is 0.313 e. The Balaban J connectivity index is 1.98. The van der Waals surface area contributed by atoms with Crippen molar-refractivity contribution in [3.05, 3.63) is 51.7 Å². The van der Waals surface area contributed by atoms with Crippen LogP contribution in [0.1, 0.15) is 42.6 Å². The van der Waals surface area contributed by atoms with Crippen molar-refractivity contribution in [1.29, 1.82) is 0 Å². The molecular formula is C18H22N2O3S. The van der Waals surface area contributed by atoms with E-state index in [1.165, 1.54) is 11.3 Å². The van der Waals surface area contributed by atoms with Crippen molar-refractivity contribution in [3.63, 3.8) is 0 Å². The summed E-state index contributed by atoms with van der Waals surface area (Å²) in [5.41, 5.74) is 3.28. The normalized spacial score (nSPS) is 12.0. The minimum absolute atomic E-state index is 0.00615. The molecule has 1 aromatic heterocycles. The van der Waals surface area contributed by atoms with Gasteiger partial charge in [-0.3, -0.25) is 9.59 Å². The quantitative estimate of drug-likeness (QED) is 0.728. The number of hydrogen-bond donors (Lipinski definition) is 3. The highest BCUT2D eigenvalue weighted by Crippen LogP contribution is 2.27. The van der Waals surface area contributed by atoms with E-state index in [2.05, 4.69) is 10.6 Å². The van der Waals surface area contributed by atoms with Crippen LogP contribution in [0.2, 0.25) is 0 Å². The molecule has 0 bridgehead atoms. The van der Waals surface area contributed by atoms with E-state index in [1.54, 1.807) is 11.4 Å². The first-order valence-electron chi connectivity index (χ1n) is 7.79. The van der Waals surface area contributed by atoms with Crippen LogP contribution in [-0.4, -0.2) is 23.5 Å². The number of nitrogens with one attached hydrogen (secondary N) is 2. The van der Waals surface area contributed by atoms with Gasteiger partial charge in [0.1, 0.15) is 0 Å². The molecule has 24 heavy (non-hydrogen) atoms. The Bertz CT molecular complexity index is 711. The Hall–Kier alpha value is -2.18. The molecule has 2 amide bonds. The summed E-state index contributed by atoms with van der Waals surface area (Å²) in [5.74, 6) is -1.27. The molecule has 5 nitrogen and oxygen atoms in total. The molecule has 0 radical (unpaired) electrons. The van der Waals surface area contributed by atoms with E-state index in [0.717, 1.165) is 16.7 Å². The predicted octanol–water partition coefficient (Wildman–Crippen LogP) is 2.97. The molecule has 2 rings (SSSR count). The van der Waals surface area contributed by atoms with Gasteiger partial charge in [-0.1, -0.05) is 32.0 Å². The second-order valence-electron chi connectivity index (χ2n) is 5.93. The summed E-state index contributed by atoms with van der Waals surface area (Å²) in [6.07, 6.45) is -0.822. The number of para-hydroxylation sites is 1. The number of hydrogen-bond acceptors (Lipinski definition) is 4. The van der Waals surface area contributed by atoms with Crippen LogP contribution in [0.4, 0.5) is 5.69 Å². The van der Waals surface area contributed by atoms with Gasteiger partial charge < -0.3 is 15.7 Å². The van der Waals surface area contributed by atoms with Crippen molar-refractivity contribution in [2.24, 2.45) is 0 Å². The molecule has 0 aliphatic rings. The van der Waals surface area contributed by atoms with Crippen molar-refractivity contribution in [2.75, 3.05) is 11.9 Å². The van der Waals surface area contributed by atoms with Crippen LogP contribution in [0.25, 0.3) is 0 Å². The number of anilines is 1. The van der Waals surface area contributed by atoms with Gasteiger partial charge in [-0.05, 0) is 46.4 Å². The topological polar surface area (TPSA) is 78.4 Å². The zero-order valence-corrected chi connectivity index (χ0v) is 14.8. The van der Waals surface area contributed by atoms with Gasteiger partial charge >= 0.3 is 11.8 Å². The number of aliphatic hydroxyl groups excluding tert-OH is 1. The molecule has 0 aliphatic heterocycles. The molecule has 1 atom stereocenters. The van der Waals surface area contributed by atoms with Gasteiger partial charge in [-0.2, -0.15) is 11.3 Å². The van der Waals surface area contributed by atoms with Gasteiger partial charge in [0.05, 0.1) is 6.10 Å². The van der Waals surface area contributed by atoms with Gasteiger partial charge in [0.15, 0.2) is 0 Å². The number of rotatable bonds is 5. The Kier molecular flexibility index (Phi) is 6.11. The summed E-state index contributed by atoms with van der Waals surface area (Å²) in [6, 6.07) is 7.53.